The third kappa shape index (κ3) is 2.79. The second kappa shape index (κ2) is 5.43. The van der Waals surface area contributed by atoms with Gasteiger partial charge in [0, 0.05) is 0 Å². The van der Waals surface area contributed by atoms with E-state index in [-0.39, 0.29) is 20.5 Å². The van der Waals surface area contributed by atoms with Crippen molar-refractivity contribution in [3.05, 3.63) is 45.1 Å². The van der Waals surface area contributed by atoms with E-state index >= 15 is 0 Å². The zero-order chi connectivity index (χ0) is 14.9. The normalized spacial score (nSPS) is 11.3. The first kappa shape index (κ1) is 14.8. The van der Waals surface area contributed by atoms with Gasteiger partial charge in [-0.15, -0.1) is 11.3 Å². The van der Waals surface area contributed by atoms with Gasteiger partial charge in [0.25, 0.3) is 10.0 Å². The van der Waals surface area contributed by atoms with Gasteiger partial charge in [0.15, 0.2) is 0 Å². The predicted octanol–water partition coefficient (Wildman–Crippen LogP) is 3.21. The molecule has 5 nitrogen and oxygen atoms in total. The lowest BCUT2D eigenvalue weighted by Gasteiger charge is -2.10. The molecule has 1 aromatic carbocycles. The summed E-state index contributed by atoms with van der Waals surface area (Å²) in [6.07, 6.45) is 0. The lowest BCUT2D eigenvalue weighted by molar-refractivity contribution is 0.0698. The van der Waals surface area contributed by atoms with Crippen molar-refractivity contribution >= 4 is 44.6 Å². The monoisotopic (exact) mass is 331 g/mol. The van der Waals surface area contributed by atoms with Crippen LogP contribution in [-0.2, 0) is 10.0 Å². The highest BCUT2D eigenvalue weighted by molar-refractivity contribution is 7.93. The number of thiophene rings is 1. The number of aromatic carboxylic acids is 1. The van der Waals surface area contributed by atoms with Crippen LogP contribution in [0.2, 0.25) is 5.02 Å². The number of anilines is 1. The smallest absolute Gasteiger partial charge is 0.347 e. The molecule has 0 radical (unpaired) electrons. The van der Waals surface area contributed by atoms with Crippen LogP contribution in [0.15, 0.2) is 34.5 Å². The molecule has 0 saturated heterocycles. The minimum atomic E-state index is -4.00. The van der Waals surface area contributed by atoms with Crippen molar-refractivity contribution in [3.63, 3.8) is 0 Å². The number of carboxylic acid groups (broad SMARTS) is 1. The topological polar surface area (TPSA) is 83.5 Å². The predicted molar refractivity (Wildman–Crippen MR) is 78.3 cm³/mol. The third-order valence-corrected chi connectivity index (χ3v) is 5.60. The summed E-state index contributed by atoms with van der Waals surface area (Å²) in [7, 11) is -4.00. The first-order valence-corrected chi connectivity index (χ1v) is 8.15. The van der Waals surface area contributed by atoms with Crippen LogP contribution >= 0.6 is 22.9 Å². The number of hydrogen-bond donors (Lipinski definition) is 2. The molecule has 2 aromatic rings. The minimum Gasteiger partial charge on any atom is -0.477 e. The average Bonchev–Trinajstić information content (AvgIpc) is 2.75. The van der Waals surface area contributed by atoms with Crippen molar-refractivity contribution in [2.75, 3.05) is 4.72 Å². The molecule has 1 heterocycles. The molecule has 0 spiro atoms. The Kier molecular flexibility index (Phi) is 4.03. The Hall–Kier alpha value is -1.57. The van der Waals surface area contributed by atoms with Crippen molar-refractivity contribution in [1.29, 1.82) is 0 Å². The molecule has 0 bridgehead atoms. The molecule has 0 unspecified atom stereocenters. The summed E-state index contributed by atoms with van der Waals surface area (Å²) in [5, 5.41) is 10.8. The molecule has 2 rings (SSSR count). The fourth-order valence-electron chi connectivity index (χ4n) is 1.65. The quantitative estimate of drug-likeness (QED) is 0.901. The maximum absolute atomic E-state index is 12.3. The van der Waals surface area contributed by atoms with E-state index in [1.807, 2.05) is 0 Å². The van der Waals surface area contributed by atoms with Crippen LogP contribution in [0.25, 0.3) is 0 Å². The summed E-state index contributed by atoms with van der Waals surface area (Å²) < 4.78 is 27.0. The van der Waals surface area contributed by atoms with Gasteiger partial charge in [0.05, 0.1) is 10.7 Å². The lowest BCUT2D eigenvalue weighted by atomic mass is 10.3. The van der Waals surface area contributed by atoms with E-state index in [4.69, 9.17) is 16.7 Å². The highest BCUT2D eigenvalue weighted by atomic mass is 35.5. The van der Waals surface area contributed by atoms with E-state index in [9.17, 15) is 13.2 Å². The molecule has 2 N–H and O–H groups in total. The summed E-state index contributed by atoms with van der Waals surface area (Å²) in [6, 6.07) is 6.33. The Labute approximate surface area is 124 Å². The number of nitrogens with one attached hydrogen (secondary N) is 1. The summed E-state index contributed by atoms with van der Waals surface area (Å²) in [6.45, 7) is 1.55. The molecule has 1 aromatic heterocycles. The number of rotatable bonds is 4. The van der Waals surface area contributed by atoms with E-state index in [0.29, 0.717) is 5.56 Å². The first-order chi connectivity index (χ1) is 9.33. The molecule has 0 saturated carbocycles. The number of aryl methyl sites for hydroxylation is 1. The van der Waals surface area contributed by atoms with Crippen LogP contribution in [0, 0.1) is 6.92 Å². The van der Waals surface area contributed by atoms with Gasteiger partial charge in [-0.1, -0.05) is 23.7 Å². The Balaban J connectivity index is 2.49. The number of sulfonamides is 1. The number of para-hydroxylation sites is 1. The molecule has 0 fully saturated rings. The minimum absolute atomic E-state index is 0.205. The van der Waals surface area contributed by atoms with Crippen molar-refractivity contribution in [2.24, 2.45) is 0 Å². The summed E-state index contributed by atoms with van der Waals surface area (Å²) >= 11 is 6.77. The van der Waals surface area contributed by atoms with Crippen LogP contribution in [0.1, 0.15) is 15.2 Å². The summed E-state index contributed by atoms with van der Waals surface area (Å²) in [5.41, 5.74) is 0.586. The molecule has 0 aliphatic heterocycles. The standard InChI is InChI=1S/C12H10ClNO4S2/c1-7-6-19-10(12(15)16)11(7)20(17,18)14-9-5-3-2-4-8(9)13/h2-6,14H,1H3,(H,15,16). The van der Waals surface area contributed by atoms with Gasteiger partial charge in [-0.05, 0) is 30.0 Å². The van der Waals surface area contributed by atoms with Crippen LogP contribution < -0.4 is 4.72 Å². The largest absolute Gasteiger partial charge is 0.477 e. The van der Waals surface area contributed by atoms with E-state index in [0.717, 1.165) is 11.3 Å². The van der Waals surface area contributed by atoms with Gasteiger partial charge in [-0.25, -0.2) is 13.2 Å². The number of hydrogen-bond acceptors (Lipinski definition) is 4. The maximum atomic E-state index is 12.3. The molecule has 0 aliphatic rings. The first-order valence-electron chi connectivity index (χ1n) is 5.41. The highest BCUT2D eigenvalue weighted by Crippen LogP contribution is 2.30. The van der Waals surface area contributed by atoms with Gasteiger partial charge in [-0.3, -0.25) is 4.72 Å². The van der Waals surface area contributed by atoms with E-state index in [2.05, 4.69) is 4.72 Å². The Morgan fingerprint density at radius 1 is 1.35 bits per heavy atom. The zero-order valence-electron chi connectivity index (χ0n) is 10.3. The van der Waals surface area contributed by atoms with Crippen molar-refractivity contribution in [1.82, 2.24) is 0 Å². The Morgan fingerprint density at radius 2 is 2.00 bits per heavy atom. The number of carbonyl (C=O) groups is 1. The molecule has 0 amide bonds. The second-order valence-corrected chi connectivity index (χ2v) is 6.87. The molecule has 106 valence electrons. The molecule has 0 aliphatic carbocycles. The molecule has 8 heteroatoms. The van der Waals surface area contributed by atoms with Crippen molar-refractivity contribution in [2.45, 2.75) is 11.8 Å². The second-order valence-electron chi connectivity index (χ2n) is 3.97. The van der Waals surface area contributed by atoms with Gasteiger partial charge in [0.1, 0.15) is 9.77 Å². The maximum Gasteiger partial charge on any atom is 0.347 e. The molecule has 20 heavy (non-hydrogen) atoms. The average molecular weight is 332 g/mol. The third-order valence-electron chi connectivity index (χ3n) is 2.50. The van der Waals surface area contributed by atoms with Crippen LogP contribution in [0.5, 0.6) is 0 Å². The van der Waals surface area contributed by atoms with E-state index < -0.39 is 16.0 Å². The van der Waals surface area contributed by atoms with Crippen LogP contribution in [-0.4, -0.2) is 19.5 Å². The molecular formula is C12H10ClNO4S2. The van der Waals surface area contributed by atoms with Gasteiger partial charge in [-0.2, -0.15) is 0 Å². The number of benzene rings is 1. The fraction of sp³-hybridized carbons (Fsp3) is 0.0833. The van der Waals surface area contributed by atoms with Gasteiger partial charge >= 0.3 is 5.97 Å². The summed E-state index contributed by atoms with van der Waals surface area (Å²) in [4.78, 5) is 10.6. The van der Waals surface area contributed by atoms with Crippen LogP contribution in [0.4, 0.5) is 5.69 Å². The zero-order valence-corrected chi connectivity index (χ0v) is 12.6. The van der Waals surface area contributed by atoms with E-state index in [1.54, 1.807) is 19.1 Å². The van der Waals surface area contributed by atoms with Crippen LogP contribution in [0.3, 0.4) is 0 Å². The van der Waals surface area contributed by atoms with Crippen molar-refractivity contribution in [3.8, 4) is 0 Å². The summed E-state index contributed by atoms with van der Waals surface area (Å²) in [5.74, 6) is -1.28. The molecular weight excluding hydrogens is 322 g/mol. The van der Waals surface area contributed by atoms with E-state index in [1.165, 1.54) is 17.5 Å². The Bertz CT molecular complexity index is 768. The molecule has 0 atom stereocenters. The Morgan fingerprint density at radius 3 is 2.60 bits per heavy atom. The number of carboxylic acids is 1. The number of halogens is 1. The fourth-order valence-corrected chi connectivity index (χ4v) is 4.61. The lowest BCUT2D eigenvalue weighted by Crippen LogP contribution is -2.16. The van der Waals surface area contributed by atoms with Crippen molar-refractivity contribution < 1.29 is 18.3 Å². The SMILES string of the molecule is Cc1csc(C(=O)O)c1S(=O)(=O)Nc1ccccc1Cl. The van der Waals surface area contributed by atoms with Gasteiger partial charge < -0.3 is 5.11 Å². The van der Waals surface area contributed by atoms with Gasteiger partial charge in [0.2, 0.25) is 0 Å². The highest BCUT2D eigenvalue weighted by Gasteiger charge is 2.27.